The van der Waals surface area contributed by atoms with Crippen molar-refractivity contribution in [1.82, 2.24) is 15.4 Å². The van der Waals surface area contributed by atoms with Gasteiger partial charge in [-0.3, -0.25) is 10.2 Å². The van der Waals surface area contributed by atoms with Gasteiger partial charge in [0.25, 0.3) is 5.56 Å². The Bertz CT molecular complexity index is 877. The van der Waals surface area contributed by atoms with Gasteiger partial charge in [0.2, 0.25) is 0 Å². The molecule has 0 aliphatic carbocycles. The smallest absolute Gasteiger partial charge is 0.354 e. The average Bonchev–Trinajstić information content (AvgIpc) is 2.92. The minimum absolute atomic E-state index is 0.271. The number of nitrogens with zero attached hydrogens (tertiary/aromatic N) is 2. The summed E-state index contributed by atoms with van der Waals surface area (Å²) in [5, 5.41) is 4.90. The van der Waals surface area contributed by atoms with Crippen LogP contribution in [0.3, 0.4) is 0 Å². The van der Waals surface area contributed by atoms with Crippen LogP contribution in [0, 0.1) is 0 Å². The molecule has 3 rings (SSSR count). The van der Waals surface area contributed by atoms with Crippen molar-refractivity contribution >= 4 is 34.2 Å². The van der Waals surface area contributed by atoms with Gasteiger partial charge in [-0.25, -0.2) is 9.78 Å². The Morgan fingerprint density at radius 1 is 1.48 bits per heavy atom. The van der Waals surface area contributed by atoms with E-state index in [1.807, 2.05) is 6.92 Å². The van der Waals surface area contributed by atoms with Crippen LogP contribution in [-0.2, 0) is 15.1 Å². The van der Waals surface area contributed by atoms with E-state index in [2.05, 4.69) is 20.5 Å². The monoisotopic (exact) mass is 334 g/mol. The van der Waals surface area contributed by atoms with Crippen molar-refractivity contribution in [2.24, 2.45) is 5.10 Å². The van der Waals surface area contributed by atoms with Crippen LogP contribution >= 0.6 is 11.6 Å². The number of rotatable bonds is 3. The minimum Gasteiger partial charge on any atom is -0.461 e. The first-order chi connectivity index (χ1) is 10.9. The lowest BCUT2D eigenvalue weighted by molar-refractivity contribution is -0.135. The first kappa shape index (κ1) is 15.5. The molecule has 2 N–H and O–H groups in total. The lowest BCUT2D eigenvalue weighted by Gasteiger charge is -2.22. The molecule has 1 unspecified atom stereocenters. The van der Waals surface area contributed by atoms with Crippen molar-refractivity contribution in [1.29, 1.82) is 0 Å². The second-order valence-electron chi connectivity index (χ2n) is 5.48. The summed E-state index contributed by atoms with van der Waals surface area (Å²) in [6.45, 7) is 3.82. The molecule has 23 heavy (non-hydrogen) atoms. The summed E-state index contributed by atoms with van der Waals surface area (Å²) in [6.07, 6.45) is 0.272. The van der Waals surface area contributed by atoms with Gasteiger partial charge in [0.15, 0.2) is 0 Å². The van der Waals surface area contributed by atoms with E-state index in [4.69, 9.17) is 16.3 Å². The maximum atomic E-state index is 12.3. The van der Waals surface area contributed by atoms with Crippen molar-refractivity contribution in [2.45, 2.75) is 25.8 Å². The molecule has 0 bridgehead atoms. The molecule has 1 aromatic heterocycles. The quantitative estimate of drug-likeness (QED) is 0.833. The Kier molecular flexibility index (Phi) is 3.81. The summed E-state index contributed by atoms with van der Waals surface area (Å²) in [4.78, 5) is 31.2. The fraction of sp³-hybridized carbons (Fsp3) is 0.333. The highest BCUT2D eigenvalue weighted by Crippen LogP contribution is 2.27. The Balaban J connectivity index is 1.97. The van der Waals surface area contributed by atoms with Crippen molar-refractivity contribution in [3.63, 3.8) is 0 Å². The number of hydrogen-bond donors (Lipinski definition) is 2. The van der Waals surface area contributed by atoms with Crippen LogP contribution in [0.25, 0.3) is 10.9 Å². The third-order valence-corrected chi connectivity index (χ3v) is 3.89. The average molecular weight is 335 g/mol. The van der Waals surface area contributed by atoms with E-state index in [-0.39, 0.29) is 24.3 Å². The number of carbonyl (C=O) groups is 1. The van der Waals surface area contributed by atoms with Crippen LogP contribution in [0.2, 0.25) is 5.02 Å². The molecular formula is C15H15ClN4O3. The van der Waals surface area contributed by atoms with E-state index in [1.54, 1.807) is 25.1 Å². The summed E-state index contributed by atoms with van der Waals surface area (Å²) in [6, 6.07) is 4.92. The standard InChI is InChI=1S/C15H15ClN4O3/c1-3-23-13(22)11-7-15(2,20-19-11)14-17-10-5-4-8(16)6-9(10)12(21)18-14/h4-6,20H,3,7H2,1-2H3,(H,17,18,21). The second-order valence-corrected chi connectivity index (χ2v) is 5.91. The molecule has 1 aromatic carbocycles. The zero-order chi connectivity index (χ0) is 16.6. The molecule has 7 nitrogen and oxygen atoms in total. The molecule has 1 aliphatic rings. The number of esters is 1. The van der Waals surface area contributed by atoms with Gasteiger partial charge in [-0.15, -0.1) is 0 Å². The van der Waals surface area contributed by atoms with Gasteiger partial charge in [0, 0.05) is 11.4 Å². The predicted octanol–water partition coefficient (Wildman–Crippen LogP) is 1.70. The van der Waals surface area contributed by atoms with Gasteiger partial charge in [-0.05, 0) is 32.0 Å². The van der Waals surface area contributed by atoms with E-state index >= 15 is 0 Å². The van der Waals surface area contributed by atoms with Crippen molar-refractivity contribution in [3.8, 4) is 0 Å². The zero-order valence-corrected chi connectivity index (χ0v) is 13.4. The normalized spacial score (nSPS) is 20.2. The predicted molar refractivity (Wildman–Crippen MR) is 86.5 cm³/mol. The highest BCUT2D eigenvalue weighted by atomic mass is 35.5. The molecule has 120 valence electrons. The Morgan fingerprint density at radius 3 is 3.00 bits per heavy atom. The fourth-order valence-electron chi connectivity index (χ4n) is 2.45. The molecule has 0 spiro atoms. The first-order valence-corrected chi connectivity index (χ1v) is 7.51. The number of nitrogens with one attached hydrogen (secondary N) is 2. The second kappa shape index (κ2) is 5.66. The molecule has 2 aromatic rings. The number of halogens is 1. The highest BCUT2D eigenvalue weighted by molar-refractivity contribution is 6.37. The molecule has 0 saturated heterocycles. The number of benzene rings is 1. The van der Waals surface area contributed by atoms with E-state index in [0.29, 0.717) is 21.7 Å². The van der Waals surface area contributed by atoms with E-state index < -0.39 is 11.5 Å². The van der Waals surface area contributed by atoms with Crippen LogP contribution in [0.5, 0.6) is 0 Å². The molecule has 8 heteroatoms. The molecule has 0 saturated carbocycles. The van der Waals surface area contributed by atoms with Gasteiger partial charge in [-0.2, -0.15) is 5.10 Å². The Hall–Kier alpha value is -2.41. The maximum absolute atomic E-state index is 12.3. The summed E-state index contributed by atoms with van der Waals surface area (Å²) in [5.41, 5.74) is 2.60. The number of fused-ring (bicyclic) bond motifs is 1. The van der Waals surface area contributed by atoms with Crippen LogP contribution in [-0.4, -0.2) is 28.3 Å². The third-order valence-electron chi connectivity index (χ3n) is 3.66. The molecular weight excluding hydrogens is 320 g/mol. The van der Waals surface area contributed by atoms with Crippen molar-refractivity contribution in [3.05, 3.63) is 39.4 Å². The molecule has 2 heterocycles. The fourth-order valence-corrected chi connectivity index (χ4v) is 2.62. The van der Waals surface area contributed by atoms with Gasteiger partial charge >= 0.3 is 5.97 Å². The van der Waals surface area contributed by atoms with E-state index in [9.17, 15) is 9.59 Å². The minimum atomic E-state index is -0.783. The largest absolute Gasteiger partial charge is 0.461 e. The van der Waals surface area contributed by atoms with E-state index in [1.165, 1.54) is 0 Å². The van der Waals surface area contributed by atoms with Gasteiger partial charge in [0.1, 0.15) is 17.1 Å². The van der Waals surface area contributed by atoms with Crippen LogP contribution in [0.1, 0.15) is 26.1 Å². The summed E-state index contributed by atoms with van der Waals surface area (Å²) in [5.74, 6) is -0.0704. The molecule has 1 aliphatic heterocycles. The maximum Gasteiger partial charge on any atom is 0.354 e. The summed E-state index contributed by atoms with van der Waals surface area (Å²) >= 11 is 5.91. The number of hydrazone groups is 1. The lowest BCUT2D eigenvalue weighted by atomic mass is 9.95. The molecule has 0 amide bonds. The van der Waals surface area contributed by atoms with Gasteiger partial charge in [-0.1, -0.05) is 11.6 Å². The summed E-state index contributed by atoms with van der Waals surface area (Å²) in [7, 11) is 0. The Morgan fingerprint density at radius 2 is 2.26 bits per heavy atom. The number of aromatic amines is 1. The van der Waals surface area contributed by atoms with Crippen LogP contribution in [0.15, 0.2) is 28.1 Å². The first-order valence-electron chi connectivity index (χ1n) is 7.14. The number of ether oxygens (including phenoxy) is 1. The van der Waals surface area contributed by atoms with E-state index in [0.717, 1.165) is 0 Å². The van der Waals surface area contributed by atoms with Crippen LogP contribution in [0.4, 0.5) is 0 Å². The van der Waals surface area contributed by atoms with Gasteiger partial charge in [0.05, 0.1) is 17.5 Å². The topological polar surface area (TPSA) is 96.4 Å². The third kappa shape index (κ3) is 2.79. The zero-order valence-electron chi connectivity index (χ0n) is 12.6. The van der Waals surface area contributed by atoms with Crippen molar-refractivity contribution in [2.75, 3.05) is 6.61 Å². The lowest BCUT2D eigenvalue weighted by Crippen LogP contribution is -2.36. The number of hydrogen-bond acceptors (Lipinski definition) is 6. The number of aromatic nitrogens is 2. The van der Waals surface area contributed by atoms with Crippen LogP contribution < -0.4 is 11.0 Å². The van der Waals surface area contributed by atoms with Crippen molar-refractivity contribution < 1.29 is 9.53 Å². The van der Waals surface area contributed by atoms with Gasteiger partial charge < -0.3 is 9.72 Å². The summed E-state index contributed by atoms with van der Waals surface area (Å²) < 4.78 is 4.95. The number of H-pyrrole nitrogens is 1. The SMILES string of the molecule is CCOC(=O)C1=NNC(C)(c2nc3ccc(Cl)cc3c(=O)[nH]2)C1. The highest BCUT2D eigenvalue weighted by Gasteiger charge is 2.38. The Labute approximate surface area is 136 Å². The number of carbonyl (C=O) groups excluding carboxylic acids is 1. The molecule has 0 fully saturated rings. The molecule has 0 radical (unpaired) electrons. The molecule has 1 atom stereocenters.